The van der Waals surface area contributed by atoms with Crippen LogP contribution in [-0.4, -0.2) is 55.4 Å². The number of methoxy groups -OCH3 is 1. The lowest BCUT2D eigenvalue weighted by Crippen LogP contribution is -2.33. The van der Waals surface area contributed by atoms with Gasteiger partial charge in [0.1, 0.15) is 6.29 Å². The van der Waals surface area contributed by atoms with Crippen LogP contribution in [0, 0.1) is 5.92 Å². The summed E-state index contributed by atoms with van der Waals surface area (Å²) in [6.45, 7) is 14.3. The molecule has 0 N–H and O–H groups in total. The van der Waals surface area contributed by atoms with E-state index in [1.165, 1.54) is 11.1 Å². The van der Waals surface area contributed by atoms with Crippen molar-refractivity contribution in [2.24, 2.45) is 5.92 Å². The van der Waals surface area contributed by atoms with Gasteiger partial charge in [0.15, 0.2) is 6.61 Å². The molecule has 0 saturated heterocycles. The second-order valence-electron chi connectivity index (χ2n) is 8.86. The number of hydrogen-bond donors (Lipinski definition) is 0. The highest BCUT2D eigenvalue weighted by molar-refractivity contribution is 7.99. The van der Waals surface area contributed by atoms with Gasteiger partial charge in [0.2, 0.25) is 0 Å². The minimum absolute atomic E-state index is 0.0408. The van der Waals surface area contributed by atoms with E-state index in [4.69, 9.17) is 9.47 Å². The maximum atomic E-state index is 11.6. The Hall–Kier alpha value is -2.05. The van der Waals surface area contributed by atoms with E-state index in [9.17, 15) is 9.59 Å². The lowest BCUT2D eigenvalue weighted by atomic mass is 9.99. The summed E-state index contributed by atoms with van der Waals surface area (Å²) in [6, 6.07) is 8.53. The monoisotopic (exact) mass is 533 g/mol. The first-order chi connectivity index (χ1) is 17.9. The van der Waals surface area contributed by atoms with Gasteiger partial charge in [0.05, 0.1) is 12.4 Å². The van der Waals surface area contributed by atoms with Crippen LogP contribution < -0.4 is 0 Å². The van der Waals surface area contributed by atoms with Gasteiger partial charge in [-0.15, -0.1) is 0 Å². The van der Waals surface area contributed by atoms with E-state index in [1.54, 1.807) is 12.0 Å². The number of benzene rings is 1. The molecule has 0 bridgehead atoms. The van der Waals surface area contributed by atoms with Crippen LogP contribution in [-0.2, 0) is 32.1 Å². The molecule has 1 rings (SSSR count). The van der Waals surface area contributed by atoms with Crippen molar-refractivity contribution in [2.75, 3.05) is 38.3 Å². The Morgan fingerprint density at radius 3 is 2.51 bits per heavy atom. The molecule has 0 aromatic heterocycles. The van der Waals surface area contributed by atoms with E-state index < -0.39 is 0 Å². The Morgan fingerprint density at radius 2 is 1.89 bits per heavy atom. The number of aldehydes is 1. The topological polar surface area (TPSA) is 55.8 Å². The molecule has 0 aliphatic heterocycles. The molecular weight excluding hydrogens is 482 g/mol. The third kappa shape index (κ3) is 18.8. The number of rotatable bonds is 20. The molecule has 0 spiro atoms. The third-order valence-electron chi connectivity index (χ3n) is 5.83. The van der Waals surface area contributed by atoms with Crippen LogP contribution in [0.3, 0.4) is 0 Å². The van der Waals surface area contributed by atoms with Gasteiger partial charge < -0.3 is 19.2 Å². The Bertz CT molecular complexity index is 761. The van der Waals surface area contributed by atoms with Gasteiger partial charge >= 0.3 is 0 Å². The van der Waals surface area contributed by atoms with Crippen LogP contribution in [0.15, 0.2) is 48.8 Å². The van der Waals surface area contributed by atoms with Crippen molar-refractivity contribution in [2.45, 2.75) is 79.2 Å². The summed E-state index contributed by atoms with van der Waals surface area (Å²) in [4.78, 5) is 24.0. The van der Waals surface area contributed by atoms with Gasteiger partial charge in [-0.3, -0.25) is 4.79 Å². The lowest BCUT2D eigenvalue weighted by molar-refractivity contribution is -0.134. The second-order valence-corrected chi connectivity index (χ2v) is 10.3. The Kier molecular flexibility index (Phi) is 22.9. The zero-order valence-electron chi connectivity index (χ0n) is 24.0. The predicted molar refractivity (Wildman–Crippen MR) is 159 cm³/mol. The van der Waals surface area contributed by atoms with E-state index >= 15 is 0 Å². The summed E-state index contributed by atoms with van der Waals surface area (Å²) in [5, 5.41) is 0. The van der Waals surface area contributed by atoms with Gasteiger partial charge in [-0.25, -0.2) is 0 Å². The minimum Gasteiger partial charge on any atom is -0.489 e. The van der Waals surface area contributed by atoms with Crippen molar-refractivity contribution in [3.63, 3.8) is 0 Å². The number of carbonyl (C=O) groups is 2. The van der Waals surface area contributed by atoms with Crippen molar-refractivity contribution in [1.29, 1.82) is 0 Å². The van der Waals surface area contributed by atoms with Crippen molar-refractivity contribution in [3.05, 3.63) is 59.9 Å². The molecule has 1 amide bonds. The maximum absolute atomic E-state index is 11.6. The summed E-state index contributed by atoms with van der Waals surface area (Å²) in [6.07, 6.45) is 12.3. The number of aryl methyl sites for hydroxylation is 1. The molecule has 0 saturated carbocycles. The van der Waals surface area contributed by atoms with Gasteiger partial charge in [-0.05, 0) is 68.1 Å². The van der Waals surface area contributed by atoms with Gasteiger partial charge in [0.25, 0.3) is 5.91 Å². The number of carbonyl (C=O) groups excluding carboxylic acids is 2. The largest absolute Gasteiger partial charge is 0.489 e. The highest BCUT2D eigenvalue weighted by atomic mass is 32.2. The van der Waals surface area contributed by atoms with Crippen LogP contribution in [0.1, 0.15) is 77.3 Å². The van der Waals surface area contributed by atoms with Crippen molar-refractivity contribution in [1.82, 2.24) is 4.90 Å². The maximum Gasteiger partial charge on any atom is 0.260 e. The molecule has 37 heavy (non-hydrogen) atoms. The van der Waals surface area contributed by atoms with Crippen LogP contribution in [0.2, 0.25) is 0 Å². The van der Waals surface area contributed by atoms with Crippen LogP contribution in [0.5, 0.6) is 0 Å². The zero-order valence-corrected chi connectivity index (χ0v) is 24.8. The first kappa shape index (κ1) is 35.0. The zero-order chi connectivity index (χ0) is 27.7. The average molecular weight is 534 g/mol. The highest BCUT2D eigenvalue weighted by Gasteiger charge is 2.10. The summed E-state index contributed by atoms with van der Waals surface area (Å²) in [5.41, 5.74) is 2.56. The van der Waals surface area contributed by atoms with Gasteiger partial charge in [0, 0.05) is 33.0 Å². The van der Waals surface area contributed by atoms with Gasteiger partial charge in [-0.1, -0.05) is 63.3 Å². The number of thioether (sulfide) groups is 1. The van der Waals surface area contributed by atoms with E-state index in [0.717, 1.165) is 75.2 Å². The Balaban J connectivity index is 0.000000712. The number of nitrogens with zero attached hydrogens (tertiary/aromatic N) is 1. The normalized spacial score (nSPS) is 11.5. The fourth-order valence-electron chi connectivity index (χ4n) is 3.79. The van der Waals surface area contributed by atoms with E-state index in [0.29, 0.717) is 18.9 Å². The molecule has 1 unspecified atom stereocenters. The molecule has 0 radical (unpaired) electrons. The Morgan fingerprint density at radius 1 is 1.16 bits per heavy atom. The summed E-state index contributed by atoms with van der Waals surface area (Å²) in [7, 11) is 1.72. The summed E-state index contributed by atoms with van der Waals surface area (Å²) < 4.78 is 10.5. The third-order valence-corrected chi connectivity index (χ3v) is 6.82. The van der Waals surface area contributed by atoms with E-state index in [-0.39, 0.29) is 12.5 Å². The second kappa shape index (κ2) is 24.3. The SMILES string of the molecule is C=C(CCCSCC)OCC(=O)N(CC)CC.CCCC(/C=C/CCc1cccc(COC)c1)CC=O. The molecule has 0 aliphatic carbocycles. The standard InChI is InChI=1S/C18H26O2.C13H25NO2S/c1-3-7-16(12-13-19)8-4-5-9-17-10-6-11-18(14-17)15-20-2;1-5-14(6-2)13(15)11-16-12(4)9-8-10-17-7-3/h4,6,8,10-11,13-14,16H,3,5,7,9,12,15H2,1-2H3;4-11H2,1-3H3/b8-4+;. The van der Waals surface area contributed by atoms with Crippen molar-refractivity contribution < 1.29 is 19.1 Å². The van der Waals surface area contributed by atoms with Crippen LogP contribution in [0.4, 0.5) is 0 Å². The minimum atomic E-state index is 0.0408. The molecule has 1 aromatic carbocycles. The van der Waals surface area contributed by atoms with E-state index in [2.05, 4.69) is 56.8 Å². The van der Waals surface area contributed by atoms with Crippen molar-refractivity contribution in [3.8, 4) is 0 Å². The fraction of sp³-hybridized carbons (Fsp3) is 0.613. The molecular formula is C31H51NO4S. The predicted octanol–water partition coefficient (Wildman–Crippen LogP) is 7.25. The quantitative estimate of drug-likeness (QED) is 0.0765. The molecule has 0 aliphatic rings. The van der Waals surface area contributed by atoms with E-state index in [1.807, 2.05) is 25.6 Å². The molecule has 1 atom stereocenters. The molecule has 210 valence electrons. The van der Waals surface area contributed by atoms with Gasteiger partial charge in [-0.2, -0.15) is 11.8 Å². The number of likely N-dealkylation sites (N-methyl/N-ethyl adjacent to an activating group) is 1. The molecule has 0 heterocycles. The number of ether oxygens (including phenoxy) is 2. The highest BCUT2D eigenvalue weighted by Crippen LogP contribution is 2.14. The molecule has 5 nitrogen and oxygen atoms in total. The fourth-order valence-corrected chi connectivity index (χ4v) is 4.42. The van der Waals surface area contributed by atoms with Crippen LogP contribution in [0.25, 0.3) is 0 Å². The lowest BCUT2D eigenvalue weighted by Gasteiger charge is -2.19. The smallest absolute Gasteiger partial charge is 0.260 e. The molecule has 0 fully saturated rings. The first-order valence-corrected chi connectivity index (χ1v) is 14.9. The molecule has 6 heteroatoms. The number of amides is 1. The number of allylic oxidation sites excluding steroid dienone is 3. The first-order valence-electron chi connectivity index (χ1n) is 13.8. The van der Waals surface area contributed by atoms with Crippen LogP contribution >= 0.6 is 11.8 Å². The average Bonchev–Trinajstić information content (AvgIpc) is 2.89. The molecule has 1 aromatic rings. The summed E-state index contributed by atoms with van der Waals surface area (Å²) in [5.74, 6) is 3.45. The Labute approximate surface area is 231 Å². The van der Waals surface area contributed by atoms with Crippen molar-refractivity contribution >= 4 is 24.0 Å². The number of hydrogen-bond acceptors (Lipinski definition) is 5. The summed E-state index contributed by atoms with van der Waals surface area (Å²) >= 11 is 1.91.